The third kappa shape index (κ3) is 65.1. The van der Waals surface area contributed by atoms with E-state index in [0.717, 1.165) is 7.11 Å². The van der Waals surface area contributed by atoms with Crippen LogP contribution in [0.25, 0.3) is 0 Å². The van der Waals surface area contributed by atoms with Crippen molar-refractivity contribution in [3.05, 3.63) is 0 Å². The third-order valence-corrected chi connectivity index (χ3v) is 0. The molecule has 1 N–H and O–H groups in total. The van der Waals surface area contributed by atoms with Crippen molar-refractivity contribution in [1.29, 1.82) is 0 Å². The molecule has 0 aliphatic heterocycles. The molecule has 0 aromatic carbocycles. The molecule has 0 aromatic rings. The molecule has 0 fully saturated rings. The van der Waals surface area contributed by atoms with Gasteiger partial charge in [0.2, 0.25) is 0 Å². The maximum Gasteiger partial charge on any atom is 5.00 e. The second kappa shape index (κ2) is 91.8. The summed E-state index contributed by atoms with van der Waals surface area (Å²) in [6, 6.07) is 0. The van der Waals surface area contributed by atoms with Crippen LogP contribution < -0.4 is 84.9 Å². The van der Waals surface area contributed by atoms with Crippen LogP contribution in [0, 0.1) is 0 Å². The Kier molecular flexibility index (Phi) is 798. The van der Waals surface area contributed by atoms with Gasteiger partial charge < -0.3 is 90.0 Å². The van der Waals surface area contributed by atoms with Gasteiger partial charge >= 0.3 is 18.6 Å². The molecule has 0 aromatic heterocycles. The van der Waals surface area contributed by atoms with Crippen molar-refractivity contribution in [1.82, 2.24) is 0 Å². The number of rotatable bonds is 0. The van der Waals surface area contributed by atoms with Crippen molar-refractivity contribution in [3.63, 3.8) is 0 Å². The fraction of sp³-hybridized carbons (Fsp3) is 1.00. The zero-order chi connectivity index (χ0) is 2.00. The first kappa shape index (κ1) is 69.6. The van der Waals surface area contributed by atoms with Crippen molar-refractivity contribution in [2.45, 2.75) is 0 Å². The van der Waals surface area contributed by atoms with Gasteiger partial charge in [-0.15, -0.1) is 0 Å². The minimum absolute atomic E-state index is 0. The Morgan fingerprint density at radius 1 is 0.625 bits per heavy atom. The Hall–Kier alpha value is 2.94. The van der Waals surface area contributed by atoms with E-state index in [2.05, 4.69) is 0 Å². The monoisotopic (exact) mass is 478 g/mol. The van der Waals surface area contributed by atoms with Crippen LogP contribution in [0.1, 0.15) is 0 Å². The predicted octanol–water partition coefficient (Wildman–Crippen LogP) is -15.4. The predicted molar refractivity (Wildman–Crippen MR) is 8.14 cm³/mol. The Morgan fingerprint density at radius 2 is 0.625 bits per heavy atom. The molecule has 8 heavy (non-hydrogen) atoms. The molecule has 0 bridgehead atoms. The van der Waals surface area contributed by atoms with Crippen LogP contribution in [0.15, 0.2) is 0 Å². The van der Waals surface area contributed by atoms with Gasteiger partial charge in [-0.25, -0.2) is 0 Å². The summed E-state index contributed by atoms with van der Waals surface area (Å²) >= 11 is 0. The van der Waals surface area contributed by atoms with Gasteiger partial charge in [-0.2, -0.15) is 0 Å². The van der Waals surface area contributed by atoms with Gasteiger partial charge in [0.05, 0.1) is 0 Å². The first-order valence-electron chi connectivity index (χ1n) is 0.447. The average Bonchev–Trinajstić information content (AvgIpc) is 1.00. The molecule has 1 nitrogen and oxygen atoms in total. The van der Waals surface area contributed by atoms with Gasteiger partial charge in [0, 0.05) is 7.11 Å². The zero-order valence-electron chi connectivity index (χ0n) is 3.78. The van der Waals surface area contributed by atoms with E-state index >= 15 is 0 Å². The maximum absolute atomic E-state index is 7.00. The SMILES string of the molecule is CO.[Br-].[Br-].[Br-].[Br-].[Br-].[V+5]. The second-order valence-corrected chi connectivity index (χ2v) is 0. The topological polar surface area (TPSA) is 20.2 Å². The van der Waals surface area contributed by atoms with Crippen molar-refractivity contribution >= 4 is 0 Å². The quantitative estimate of drug-likeness (QED) is 0.364. The fourth-order valence-corrected chi connectivity index (χ4v) is 0. The number of aliphatic hydroxyl groups excluding tert-OH is 1. The molecule has 0 rings (SSSR count). The van der Waals surface area contributed by atoms with E-state index in [1.54, 1.807) is 0 Å². The van der Waals surface area contributed by atoms with Crippen LogP contribution in [0.3, 0.4) is 0 Å². The molecular weight excluding hydrogens is 478 g/mol. The third-order valence-electron chi connectivity index (χ3n) is 0. The van der Waals surface area contributed by atoms with Crippen LogP contribution >= 0.6 is 0 Å². The summed E-state index contributed by atoms with van der Waals surface area (Å²) in [5.41, 5.74) is 0. The second-order valence-electron chi connectivity index (χ2n) is 0. The van der Waals surface area contributed by atoms with Gasteiger partial charge in [-0.05, 0) is 0 Å². The molecule has 54 valence electrons. The standard InChI is InChI=1S/CH4O.5BrH.V/c1-2;;;;;;/h2H,1H3;5*1H;/q;;;;;;+5/p-5. The molecule has 0 unspecified atom stereocenters. The molecule has 0 saturated carbocycles. The van der Waals surface area contributed by atoms with Gasteiger partial charge in [0.1, 0.15) is 0 Å². The van der Waals surface area contributed by atoms with E-state index in [1.165, 1.54) is 0 Å². The summed E-state index contributed by atoms with van der Waals surface area (Å²) in [6.07, 6.45) is 0. The molecule has 0 aliphatic carbocycles. The molecule has 0 aliphatic rings. The van der Waals surface area contributed by atoms with Crippen LogP contribution in [-0.4, -0.2) is 12.2 Å². The van der Waals surface area contributed by atoms with E-state index in [0.29, 0.717) is 0 Å². The molecular formula is CH4Br5OV. The number of hydrogen-bond acceptors (Lipinski definition) is 1. The van der Waals surface area contributed by atoms with Gasteiger partial charge in [-0.3, -0.25) is 0 Å². The van der Waals surface area contributed by atoms with E-state index in [1.807, 2.05) is 0 Å². The molecule has 0 heterocycles. The van der Waals surface area contributed by atoms with E-state index < -0.39 is 0 Å². The Balaban J connectivity index is -0.000000000333. The van der Waals surface area contributed by atoms with Gasteiger partial charge in [0.15, 0.2) is 0 Å². The Morgan fingerprint density at radius 3 is 0.625 bits per heavy atom. The van der Waals surface area contributed by atoms with Crippen LogP contribution in [-0.2, 0) is 18.6 Å². The van der Waals surface area contributed by atoms with E-state index in [4.69, 9.17) is 5.11 Å². The zero-order valence-corrected chi connectivity index (χ0v) is 13.1. The summed E-state index contributed by atoms with van der Waals surface area (Å²) in [7, 11) is 1.00. The van der Waals surface area contributed by atoms with Crippen molar-refractivity contribution in [2.24, 2.45) is 0 Å². The number of aliphatic hydroxyl groups is 1. The maximum atomic E-state index is 7.00. The summed E-state index contributed by atoms with van der Waals surface area (Å²) in [5, 5.41) is 7.00. The summed E-state index contributed by atoms with van der Waals surface area (Å²) in [6.45, 7) is 0. The van der Waals surface area contributed by atoms with Crippen molar-refractivity contribution in [2.75, 3.05) is 7.11 Å². The van der Waals surface area contributed by atoms with Crippen LogP contribution in [0.4, 0.5) is 0 Å². The summed E-state index contributed by atoms with van der Waals surface area (Å²) in [5.74, 6) is 0. The van der Waals surface area contributed by atoms with Crippen molar-refractivity contribution < 1.29 is 109 Å². The fourth-order valence-electron chi connectivity index (χ4n) is 0. The normalized spacial score (nSPS) is 0.750. The minimum Gasteiger partial charge on any atom is -1.00 e. The molecule has 0 saturated heterocycles. The minimum atomic E-state index is 0. The molecule has 0 spiro atoms. The van der Waals surface area contributed by atoms with E-state index in [9.17, 15) is 0 Å². The molecule has 7 heteroatoms. The van der Waals surface area contributed by atoms with E-state index in [-0.39, 0.29) is 103 Å². The van der Waals surface area contributed by atoms with Gasteiger partial charge in [-0.1, -0.05) is 0 Å². The number of hydrogen-bond donors (Lipinski definition) is 1. The van der Waals surface area contributed by atoms with Crippen LogP contribution in [0.2, 0.25) is 0 Å². The van der Waals surface area contributed by atoms with Gasteiger partial charge in [0.25, 0.3) is 0 Å². The smallest absolute Gasteiger partial charge is 1.00 e. The van der Waals surface area contributed by atoms with Crippen molar-refractivity contribution in [3.8, 4) is 0 Å². The molecule has 0 atom stereocenters. The Bertz CT molecular complexity index is 12.4. The first-order valence-corrected chi connectivity index (χ1v) is 0.447. The number of halogens is 5. The first-order chi connectivity index (χ1) is 1.00. The van der Waals surface area contributed by atoms with Crippen LogP contribution in [0.5, 0.6) is 0 Å². The summed E-state index contributed by atoms with van der Waals surface area (Å²) in [4.78, 5) is 0. The average molecular weight is 483 g/mol. The summed E-state index contributed by atoms with van der Waals surface area (Å²) < 4.78 is 0. The largest absolute Gasteiger partial charge is 5.00 e. The Labute approximate surface area is 114 Å². The molecule has 0 radical (unpaired) electrons. The molecule has 0 amide bonds.